The topological polar surface area (TPSA) is 64.9 Å². The molecule has 0 spiro atoms. The maximum absolute atomic E-state index is 5.71. The predicted octanol–water partition coefficient (Wildman–Crippen LogP) is 3.33. The Morgan fingerprint density at radius 3 is 2.64 bits per heavy atom. The molecule has 0 aliphatic rings. The molecule has 3 rings (SSSR count). The predicted molar refractivity (Wildman–Crippen MR) is 98.4 cm³/mol. The number of anilines is 1. The maximum Gasteiger partial charge on any atom is 0.233 e. The molecule has 6 nitrogen and oxygen atoms in total. The summed E-state index contributed by atoms with van der Waals surface area (Å²) in [7, 11) is 0. The number of nitrogens with zero attached hydrogens (tertiary/aromatic N) is 4. The van der Waals surface area contributed by atoms with Gasteiger partial charge in [-0.1, -0.05) is 24.6 Å². The third-order valence-electron chi connectivity index (χ3n) is 4.03. The summed E-state index contributed by atoms with van der Waals surface area (Å²) in [6.07, 6.45) is 4.39. The van der Waals surface area contributed by atoms with Gasteiger partial charge in [-0.15, -0.1) is 5.10 Å². The van der Waals surface area contributed by atoms with E-state index in [1.54, 1.807) is 6.33 Å². The van der Waals surface area contributed by atoms with E-state index in [9.17, 15) is 0 Å². The molecule has 130 valence electrons. The highest BCUT2D eigenvalue weighted by molar-refractivity contribution is 5.44. The molecule has 0 atom stereocenters. The highest BCUT2D eigenvalue weighted by Crippen LogP contribution is 2.15. The van der Waals surface area contributed by atoms with Gasteiger partial charge >= 0.3 is 0 Å². The fourth-order valence-electron chi connectivity index (χ4n) is 2.57. The van der Waals surface area contributed by atoms with Crippen molar-refractivity contribution < 1.29 is 4.74 Å². The number of aromatic nitrogens is 4. The molecule has 0 radical (unpaired) electrons. The van der Waals surface area contributed by atoms with Crippen molar-refractivity contribution in [2.75, 3.05) is 18.5 Å². The zero-order valence-corrected chi connectivity index (χ0v) is 14.9. The molecule has 3 aromatic rings. The third-order valence-corrected chi connectivity index (χ3v) is 4.03. The van der Waals surface area contributed by atoms with Gasteiger partial charge in [0.1, 0.15) is 18.8 Å². The Labute approximate surface area is 147 Å². The second-order valence-corrected chi connectivity index (χ2v) is 5.86. The highest BCUT2D eigenvalue weighted by Gasteiger charge is 2.05. The Morgan fingerprint density at radius 1 is 1.08 bits per heavy atom. The molecule has 0 fully saturated rings. The van der Waals surface area contributed by atoms with Crippen LogP contribution in [0, 0.1) is 13.8 Å². The first-order chi connectivity index (χ1) is 12.2. The number of ether oxygens (including phenoxy) is 1. The van der Waals surface area contributed by atoms with Gasteiger partial charge in [-0.3, -0.25) is 0 Å². The molecule has 1 N–H and O–H groups in total. The van der Waals surface area contributed by atoms with Gasteiger partial charge in [0.05, 0.1) is 12.2 Å². The summed E-state index contributed by atoms with van der Waals surface area (Å²) in [4.78, 5) is 8.56. The monoisotopic (exact) mass is 337 g/mol. The Hall–Kier alpha value is -2.89. The normalized spacial score (nSPS) is 10.7. The number of aryl methyl sites for hydroxylation is 2. The van der Waals surface area contributed by atoms with Gasteiger partial charge in [-0.05, 0) is 32.4 Å². The van der Waals surface area contributed by atoms with Crippen LogP contribution in [0.25, 0.3) is 5.69 Å². The van der Waals surface area contributed by atoms with Crippen LogP contribution in [-0.4, -0.2) is 32.9 Å². The maximum atomic E-state index is 5.71. The summed E-state index contributed by atoms with van der Waals surface area (Å²) < 4.78 is 7.52. The van der Waals surface area contributed by atoms with E-state index in [1.165, 1.54) is 5.56 Å². The first-order valence-electron chi connectivity index (χ1n) is 8.47. The summed E-state index contributed by atoms with van der Waals surface area (Å²) in [5.41, 5.74) is 4.40. The van der Waals surface area contributed by atoms with Crippen molar-refractivity contribution in [3.05, 3.63) is 59.7 Å². The molecular weight excluding hydrogens is 314 g/mol. The molecule has 2 heterocycles. The van der Waals surface area contributed by atoms with E-state index in [0.29, 0.717) is 19.0 Å². The molecule has 0 bridgehead atoms. The minimum atomic E-state index is 0.510. The highest BCUT2D eigenvalue weighted by atomic mass is 16.5. The lowest BCUT2D eigenvalue weighted by Gasteiger charge is -2.10. The van der Waals surface area contributed by atoms with E-state index >= 15 is 0 Å². The van der Waals surface area contributed by atoms with Gasteiger partial charge < -0.3 is 10.1 Å². The molecular formula is C19H23N5O. The Kier molecular flexibility index (Phi) is 5.28. The molecule has 0 saturated carbocycles. The average Bonchev–Trinajstić information content (AvgIpc) is 3.09. The molecule has 0 amide bonds. The zero-order chi connectivity index (χ0) is 17.6. The van der Waals surface area contributed by atoms with Gasteiger partial charge in [0.15, 0.2) is 0 Å². The van der Waals surface area contributed by atoms with Crippen molar-refractivity contribution >= 4 is 5.82 Å². The number of hydrogen-bond donors (Lipinski definition) is 1. The largest absolute Gasteiger partial charge is 0.475 e. The fourth-order valence-corrected chi connectivity index (χ4v) is 2.57. The summed E-state index contributed by atoms with van der Waals surface area (Å²) in [5, 5.41) is 7.73. The van der Waals surface area contributed by atoms with E-state index in [2.05, 4.69) is 46.4 Å². The van der Waals surface area contributed by atoms with Crippen LogP contribution in [-0.2, 0) is 6.42 Å². The summed E-state index contributed by atoms with van der Waals surface area (Å²) in [5.74, 6) is 1.47. The first-order valence-corrected chi connectivity index (χ1v) is 8.47. The van der Waals surface area contributed by atoms with Crippen LogP contribution < -0.4 is 10.1 Å². The third kappa shape index (κ3) is 4.15. The van der Waals surface area contributed by atoms with E-state index in [1.807, 2.05) is 36.0 Å². The van der Waals surface area contributed by atoms with Gasteiger partial charge in [-0.25, -0.2) is 14.6 Å². The molecule has 25 heavy (non-hydrogen) atoms. The van der Waals surface area contributed by atoms with Crippen molar-refractivity contribution in [2.24, 2.45) is 0 Å². The minimum Gasteiger partial charge on any atom is -0.475 e. The van der Waals surface area contributed by atoms with Crippen molar-refractivity contribution in [3.8, 4) is 11.6 Å². The Balaban J connectivity index is 1.52. The summed E-state index contributed by atoms with van der Waals surface area (Å²) in [6, 6.07) is 10.1. The van der Waals surface area contributed by atoms with E-state index in [4.69, 9.17) is 4.74 Å². The smallest absolute Gasteiger partial charge is 0.233 e. The molecule has 0 unspecified atom stereocenters. The lowest BCUT2D eigenvalue weighted by Crippen LogP contribution is -2.14. The number of hydrogen-bond acceptors (Lipinski definition) is 5. The second-order valence-electron chi connectivity index (χ2n) is 5.86. The molecule has 1 aromatic carbocycles. The first kappa shape index (κ1) is 17.0. The van der Waals surface area contributed by atoms with E-state index in [0.717, 1.165) is 29.2 Å². The molecule has 6 heteroatoms. The van der Waals surface area contributed by atoms with Crippen LogP contribution in [0.1, 0.15) is 23.7 Å². The molecule has 0 saturated heterocycles. The van der Waals surface area contributed by atoms with E-state index in [-0.39, 0.29) is 0 Å². The van der Waals surface area contributed by atoms with Crippen LogP contribution in [0.5, 0.6) is 5.88 Å². The molecule has 0 aliphatic carbocycles. The van der Waals surface area contributed by atoms with E-state index < -0.39 is 0 Å². The minimum absolute atomic E-state index is 0.510. The lowest BCUT2D eigenvalue weighted by atomic mass is 10.2. The Morgan fingerprint density at radius 2 is 1.88 bits per heavy atom. The SMILES string of the molecule is CCc1ncnc(NCCOc2ccn(-c3ccc(C)cc3)n2)c1C. The number of nitrogens with one attached hydrogen (secondary N) is 1. The van der Waals surface area contributed by atoms with Gasteiger partial charge in [0.25, 0.3) is 0 Å². The quantitative estimate of drug-likeness (QED) is 0.670. The van der Waals surface area contributed by atoms with Crippen LogP contribution in [0.4, 0.5) is 5.82 Å². The van der Waals surface area contributed by atoms with Crippen LogP contribution >= 0.6 is 0 Å². The standard InChI is InChI=1S/C19H23N5O/c1-4-17-15(3)19(22-13-21-17)20-10-12-25-18-9-11-24(23-18)16-7-5-14(2)6-8-16/h5-9,11,13H,4,10,12H2,1-3H3,(H,20,21,22). The fraction of sp³-hybridized carbons (Fsp3) is 0.316. The van der Waals surface area contributed by atoms with Gasteiger partial charge in [0.2, 0.25) is 5.88 Å². The second kappa shape index (κ2) is 7.79. The van der Waals surface area contributed by atoms with Crippen molar-refractivity contribution in [1.82, 2.24) is 19.7 Å². The van der Waals surface area contributed by atoms with Gasteiger partial charge in [-0.2, -0.15) is 0 Å². The van der Waals surface area contributed by atoms with Crippen molar-refractivity contribution in [2.45, 2.75) is 27.2 Å². The molecule has 0 aliphatic heterocycles. The number of benzene rings is 1. The zero-order valence-electron chi connectivity index (χ0n) is 14.9. The lowest BCUT2D eigenvalue weighted by molar-refractivity contribution is 0.317. The van der Waals surface area contributed by atoms with Crippen LogP contribution in [0.2, 0.25) is 0 Å². The van der Waals surface area contributed by atoms with Crippen molar-refractivity contribution in [3.63, 3.8) is 0 Å². The summed E-state index contributed by atoms with van der Waals surface area (Å²) in [6.45, 7) is 7.35. The average molecular weight is 337 g/mol. The Bertz CT molecular complexity index is 826. The van der Waals surface area contributed by atoms with Crippen LogP contribution in [0.15, 0.2) is 42.9 Å². The van der Waals surface area contributed by atoms with Crippen LogP contribution in [0.3, 0.4) is 0 Å². The molecule has 2 aromatic heterocycles. The summed E-state index contributed by atoms with van der Waals surface area (Å²) >= 11 is 0. The van der Waals surface area contributed by atoms with Gasteiger partial charge in [0, 0.05) is 23.5 Å². The number of rotatable bonds is 7. The van der Waals surface area contributed by atoms with Crippen molar-refractivity contribution in [1.29, 1.82) is 0 Å².